The van der Waals surface area contributed by atoms with Gasteiger partial charge >= 0.3 is 0 Å². The zero-order valence-electron chi connectivity index (χ0n) is 13.2. The fourth-order valence-corrected chi connectivity index (χ4v) is 2.84. The van der Waals surface area contributed by atoms with Gasteiger partial charge < -0.3 is 9.72 Å². The molecule has 0 aliphatic rings. The number of hydrogen-bond donors (Lipinski definition) is 1. The molecule has 5 nitrogen and oxygen atoms in total. The highest BCUT2D eigenvalue weighted by Gasteiger charge is 2.12. The molecule has 0 saturated heterocycles. The molecule has 24 heavy (non-hydrogen) atoms. The van der Waals surface area contributed by atoms with E-state index in [9.17, 15) is 4.79 Å². The first-order valence-electron chi connectivity index (χ1n) is 7.78. The van der Waals surface area contributed by atoms with Crippen LogP contribution in [-0.2, 0) is 6.54 Å². The van der Waals surface area contributed by atoms with Crippen LogP contribution < -0.4 is 5.32 Å². The van der Waals surface area contributed by atoms with Crippen LogP contribution in [-0.4, -0.2) is 20.3 Å². The number of pyridine rings is 2. The minimum atomic E-state index is -0.194. The third-order valence-electron chi connectivity index (χ3n) is 4.06. The van der Waals surface area contributed by atoms with Crippen LogP contribution in [0.25, 0.3) is 16.4 Å². The molecule has 3 aromatic heterocycles. The van der Waals surface area contributed by atoms with Gasteiger partial charge in [-0.3, -0.25) is 9.78 Å². The molecule has 0 fully saturated rings. The number of carbonyl (C=O) groups is 1. The molecule has 0 bridgehead atoms. The Morgan fingerprint density at radius 2 is 2.00 bits per heavy atom. The van der Waals surface area contributed by atoms with Gasteiger partial charge in [-0.15, -0.1) is 0 Å². The largest absolute Gasteiger partial charge is 0.345 e. The van der Waals surface area contributed by atoms with Crippen molar-refractivity contribution in [3.63, 3.8) is 0 Å². The van der Waals surface area contributed by atoms with Crippen molar-refractivity contribution in [2.75, 3.05) is 0 Å². The molecular weight excluding hydrogens is 300 g/mol. The summed E-state index contributed by atoms with van der Waals surface area (Å²) in [5, 5.41) is 4.76. The Morgan fingerprint density at radius 1 is 1.12 bits per heavy atom. The van der Waals surface area contributed by atoms with Gasteiger partial charge in [0.15, 0.2) is 0 Å². The Balaban J connectivity index is 1.58. The van der Waals surface area contributed by atoms with E-state index in [-0.39, 0.29) is 5.91 Å². The second kappa shape index (κ2) is 5.77. The van der Waals surface area contributed by atoms with E-state index in [0.29, 0.717) is 12.2 Å². The van der Waals surface area contributed by atoms with Crippen molar-refractivity contribution in [2.24, 2.45) is 0 Å². The van der Waals surface area contributed by atoms with Gasteiger partial charge in [0.2, 0.25) is 0 Å². The van der Waals surface area contributed by atoms with Gasteiger partial charge in [0.05, 0.1) is 12.2 Å². The summed E-state index contributed by atoms with van der Waals surface area (Å²) in [5.74, 6) is -0.194. The van der Waals surface area contributed by atoms with Crippen LogP contribution in [0.2, 0.25) is 0 Å². The first-order chi connectivity index (χ1) is 11.7. The van der Waals surface area contributed by atoms with E-state index in [2.05, 4.69) is 15.3 Å². The molecule has 4 rings (SSSR count). The van der Waals surface area contributed by atoms with Gasteiger partial charge in [0, 0.05) is 23.5 Å². The molecule has 1 N–H and O–H groups in total. The lowest BCUT2D eigenvalue weighted by Gasteiger charge is -2.05. The Morgan fingerprint density at radius 3 is 2.88 bits per heavy atom. The van der Waals surface area contributed by atoms with Gasteiger partial charge in [-0.1, -0.05) is 30.3 Å². The molecule has 4 aromatic rings. The molecule has 0 saturated carbocycles. The van der Waals surface area contributed by atoms with E-state index in [1.807, 2.05) is 66.1 Å². The van der Waals surface area contributed by atoms with Gasteiger partial charge in [0.1, 0.15) is 11.3 Å². The summed E-state index contributed by atoms with van der Waals surface area (Å²) in [6.45, 7) is 2.39. The molecule has 0 spiro atoms. The average Bonchev–Trinajstić information content (AvgIpc) is 3.04. The topological polar surface area (TPSA) is 59.3 Å². The summed E-state index contributed by atoms with van der Waals surface area (Å²) >= 11 is 0. The molecule has 1 amide bonds. The maximum absolute atomic E-state index is 12.5. The maximum Gasteiger partial charge on any atom is 0.270 e. The zero-order valence-corrected chi connectivity index (χ0v) is 13.2. The molecule has 0 atom stereocenters. The summed E-state index contributed by atoms with van der Waals surface area (Å²) in [7, 11) is 0. The van der Waals surface area contributed by atoms with E-state index in [0.717, 1.165) is 27.8 Å². The van der Waals surface area contributed by atoms with E-state index in [1.165, 1.54) is 0 Å². The van der Waals surface area contributed by atoms with Crippen molar-refractivity contribution in [3.8, 4) is 0 Å². The SMILES string of the molecule is Cc1cccc2nc(CNC(=O)c3nccc4ccccc34)cn12. The lowest BCUT2D eigenvalue weighted by molar-refractivity contribution is 0.0947. The fraction of sp³-hybridized carbons (Fsp3) is 0.105. The summed E-state index contributed by atoms with van der Waals surface area (Å²) < 4.78 is 2.01. The smallest absolute Gasteiger partial charge is 0.270 e. The van der Waals surface area contributed by atoms with Gasteiger partial charge in [-0.05, 0) is 30.5 Å². The summed E-state index contributed by atoms with van der Waals surface area (Å²) in [5.41, 5.74) is 3.24. The first-order valence-corrected chi connectivity index (χ1v) is 7.78. The number of aromatic nitrogens is 3. The zero-order chi connectivity index (χ0) is 16.5. The van der Waals surface area contributed by atoms with Crippen LogP contribution in [0.5, 0.6) is 0 Å². The van der Waals surface area contributed by atoms with E-state index >= 15 is 0 Å². The van der Waals surface area contributed by atoms with Crippen molar-refractivity contribution in [3.05, 3.63) is 78.0 Å². The molecule has 1 aromatic carbocycles. The van der Waals surface area contributed by atoms with E-state index in [4.69, 9.17) is 0 Å². The lowest BCUT2D eigenvalue weighted by atomic mass is 10.1. The predicted molar refractivity (Wildman–Crippen MR) is 92.8 cm³/mol. The molecule has 5 heteroatoms. The normalized spacial score (nSPS) is 11.0. The number of amides is 1. The van der Waals surface area contributed by atoms with Crippen LogP contribution in [0.1, 0.15) is 21.9 Å². The van der Waals surface area contributed by atoms with E-state index in [1.54, 1.807) is 6.20 Å². The molecule has 0 aliphatic carbocycles. The molecule has 118 valence electrons. The summed E-state index contributed by atoms with van der Waals surface area (Å²) in [4.78, 5) is 21.3. The molecular formula is C19H16N4O. The summed E-state index contributed by atoms with van der Waals surface area (Å²) in [6, 6.07) is 15.6. The molecule has 0 aliphatic heterocycles. The Labute approximate surface area is 139 Å². The number of nitrogens with one attached hydrogen (secondary N) is 1. The van der Waals surface area contributed by atoms with Gasteiger partial charge in [-0.25, -0.2) is 4.98 Å². The van der Waals surface area contributed by atoms with Crippen LogP contribution in [0, 0.1) is 6.92 Å². The number of benzene rings is 1. The van der Waals surface area contributed by atoms with Crippen LogP contribution in [0.3, 0.4) is 0 Å². The minimum absolute atomic E-state index is 0.194. The van der Waals surface area contributed by atoms with Crippen molar-refractivity contribution in [1.29, 1.82) is 0 Å². The second-order valence-corrected chi connectivity index (χ2v) is 5.69. The quantitative estimate of drug-likeness (QED) is 0.632. The molecule has 0 radical (unpaired) electrons. The number of aryl methyl sites for hydroxylation is 1. The third-order valence-corrected chi connectivity index (χ3v) is 4.06. The van der Waals surface area contributed by atoms with Gasteiger partial charge in [0.25, 0.3) is 5.91 Å². The number of imidazole rings is 1. The maximum atomic E-state index is 12.5. The van der Waals surface area contributed by atoms with Crippen LogP contribution in [0.15, 0.2) is 60.9 Å². The van der Waals surface area contributed by atoms with Crippen LogP contribution in [0.4, 0.5) is 0 Å². The molecule has 0 unspecified atom stereocenters. The predicted octanol–water partition coefficient (Wildman–Crippen LogP) is 3.12. The number of nitrogens with zero attached hydrogens (tertiary/aromatic N) is 3. The van der Waals surface area contributed by atoms with Gasteiger partial charge in [-0.2, -0.15) is 0 Å². The standard InChI is InChI=1S/C19H16N4O/c1-13-5-4-8-17-22-15(12-23(13)17)11-21-19(24)18-16-7-3-2-6-14(16)9-10-20-18/h2-10,12H,11H2,1H3,(H,21,24). The fourth-order valence-electron chi connectivity index (χ4n) is 2.84. The Bertz CT molecular complexity index is 1050. The number of fused-ring (bicyclic) bond motifs is 2. The number of carbonyl (C=O) groups excluding carboxylic acids is 1. The second-order valence-electron chi connectivity index (χ2n) is 5.69. The van der Waals surface area contributed by atoms with Crippen molar-refractivity contribution in [2.45, 2.75) is 13.5 Å². The Hall–Kier alpha value is -3.21. The third kappa shape index (κ3) is 2.50. The monoisotopic (exact) mass is 316 g/mol. The highest BCUT2D eigenvalue weighted by atomic mass is 16.1. The summed E-state index contributed by atoms with van der Waals surface area (Å²) in [6.07, 6.45) is 3.60. The van der Waals surface area contributed by atoms with Crippen molar-refractivity contribution >= 4 is 22.3 Å². The minimum Gasteiger partial charge on any atom is -0.345 e. The number of rotatable bonds is 3. The average molecular weight is 316 g/mol. The van der Waals surface area contributed by atoms with Crippen molar-refractivity contribution < 1.29 is 4.79 Å². The molecule has 3 heterocycles. The highest BCUT2D eigenvalue weighted by molar-refractivity contribution is 6.05. The van der Waals surface area contributed by atoms with Crippen LogP contribution >= 0.6 is 0 Å². The Kier molecular flexibility index (Phi) is 3.46. The first kappa shape index (κ1) is 14.4. The van der Waals surface area contributed by atoms with E-state index < -0.39 is 0 Å². The highest BCUT2D eigenvalue weighted by Crippen LogP contribution is 2.16. The van der Waals surface area contributed by atoms with Crippen molar-refractivity contribution in [1.82, 2.24) is 19.7 Å². The number of hydrogen-bond acceptors (Lipinski definition) is 3. The lowest BCUT2D eigenvalue weighted by Crippen LogP contribution is -2.24.